The van der Waals surface area contributed by atoms with E-state index in [0.29, 0.717) is 32.3 Å². The third-order valence-electron chi connectivity index (χ3n) is 2.73. The van der Waals surface area contributed by atoms with E-state index >= 15 is 0 Å². The third-order valence-corrected chi connectivity index (χ3v) is 2.73. The molecule has 12 heavy (non-hydrogen) atoms. The van der Waals surface area contributed by atoms with Crippen LogP contribution in [0.1, 0.15) is 0 Å². The first-order valence-electron chi connectivity index (χ1n) is 4.03. The van der Waals surface area contributed by atoms with Crippen molar-refractivity contribution in [3.05, 3.63) is 0 Å². The smallest absolute Gasteiger partial charge is 0.316 e. The minimum Gasteiger partial charge on any atom is -0.468 e. The highest BCUT2D eigenvalue weighted by Crippen LogP contribution is 2.40. The molecule has 0 N–H and O–H groups in total. The van der Waals surface area contributed by atoms with Gasteiger partial charge in [0.1, 0.15) is 5.41 Å². The molecule has 2 heterocycles. The van der Waals surface area contributed by atoms with Crippen LogP contribution in [0.3, 0.4) is 0 Å². The van der Waals surface area contributed by atoms with E-state index in [-0.39, 0.29) is 11.4 Å². The molecule has 2 saturated heterocycles. The standard InChI is InChI=1S/C8H12O4/c1-10-7(9)8(4-12-5-8)6-2-11-3-6/h6H,2-5H2,1H3. The topological polar surface area (TPSA) is 44.8 Å². The van der Waals surface area contributed by atoms with E-state index in [1.807, 2.05) is 0 Å². The predicted octanol–water partition coefficient (Wildman–Crippen LogP) is -0.178. The molecule has 2 rings (SSSR count). The second-order valence-electron chi connectivity index (χ2n) is 3.37. The second kappa shape index (κ2) is 2.71. The van der Waals surface area contributed by atoms with Crippen LogP contribution in [0.15, 0.2) is 0 Å². The molecule has 0 aliphatic carbocycles. The number of hydrogen-bond acceptors (Lipinski definition) is 4. The SMILES string of the molecule is COC(=O)C1(C2COC2)COC1. The van der Waals surface area contributed by atoms with Crippen LogP contribution < -0.4 is 0 Å². The molecule has 4 nitrogen and oxygen atoms in total. The average molecular weight is 172 g/mol. The van der Waals surface area contributed by atoms with Crippen LogP contribution in [0, 0.1) is 11.3 Å². The van der Waals surface area contributed by atoms with E-state index in [9.17, 15) is 4.79 Å². The van der Waals surface area contributed by atoms with Gasteiger partial charge in [0.15, 0.2) is 0 Å². The Morgan fingerprint density at radius 3 is 2.33 bits per heavy atom. The van der Waals surface area contributed by atoms with Crippen LogP contribution in [0.5, 0.6) is 0 Å². The summed E-state index contributed by atoms with van der Waals surface area (Å²) in [6.45, 7) is 2.32. The Kier molecular flexibility index (Phi) is 1.81. The Balaban J connectivity index is 2.07. The summed E-state index contributed by atoms with van der Waals surface area (Å²) in [6.07, 6.45) is 0. The van der Waals surface area contributed by atoms with E-state index in [0.717, 1.165) is 0 Å². The van der Waals surface area contributed by atoms with Gasteiger partial charge < -0.3 is 14.2 Å². The predicted molar refractivity (Wildman–Crippen MR) is 39.6 cm³/mol. The summed E-state index contributed by atoms with van der Waals surface area (Å²) in [5, 5.41) is 0. The Bertz CT molecular complexity index is 193. The van der Waals surface area contributed by atoms with Gasteiger partial charge in [0.25, 0.3) is 0 Å². The van der Waals surface area contributed by atoms with Crippen LogP contribution >= 0.6 is 0 Å². The van der Waals surface area contributed by atoms with Crippen LogP contribution in [0.25, 0.3) is 0 Å². The van der Waals surface area contributed by atoms with Crippen LogP contribution in [0.4, 0.5) is 0 Å². The summed E-state index contributed by atoms with van der Waals surface area (Å²) in [5.41, 5.74) is -0.382. The van der Waals surface area contributed by atoms with Gasteiger partial charge in [0.2, 0.25) is 0 Å². The molecule has 0 aromatic heterocycles. The number of hydrogen-bond donors (Lipinski definition) is 0. The lowest BCUT2D eigenvalue weighted by molar-refractivity contribution is -0.225. The molecule has 0 amide bonds. The van der Waals surface area contributed by atoms with Gasteiger partial charge in [-0.3, -0.25) is 4.79 Å². The van der Waals surface area contributed by atoms with E-state index in [1.54, 1.807) is 0 Å². The van der Waals surface area contributed by atoms with Crippen LogP contribution in [-0.2, 0) is 19.0 Å². The lowest BCUT2D eigenvalue weighted by atomic mass is 9.72. The van der Waals surface area contributed by atoms with Crippen molar-refractivity contribution in [3.8, 4) is 0 Å². The zero-order valence-electron chi connectivity index (χ0n) is 7.04. The van der Waals surface area contributed by atoms with Gasteiger partial charge in [-0.15, -0.1) is 0 Å². The number of ether oxygens (including phenoxy) is 3. The van der Waals surface area contributed by atoms with E-state index in [2.05, 4.69) is 0 Å². The molecule has 0 aromatic carbocycles. The number of rotatable bonds is 2. The van der Waals surface area contributed by atoms with Gasteiger partial charge in [0.05, 0.1) is 33.5 Å². The highest BCUT2D eigenvalue weighted by Gasteiger charge is 2.55. The summed E-state index contributed by atoms with van der Waals surface area (Å²) in [7, 11) is 1.42. The maximum atomic E-state index is 11.4. The maximum absolute atomic E-state index is 11.4. The second-order valence-corrected chi connectivity index (χ2v) is 3.37. The molecule has 0 saturated carbocycles. The van der Waals surface area contributed by atoms with Crippen molar-refractivity contribution >= 4 is 5.97 Å². The van der Waals surface area contributed by atoms with Crippen molar-refractivity contribution < 1.29 is 19.0 Å². The largest absolute Gasteiger partial charge is 0.468 e. The summed E-state index contributed by atoms with van der Waals surface area (Å²) in [6, 6.07) is 0. The number of methoxy groups -OCH3 is 1. The maximum Gasteiger partial charge on any atom is 0.316 e. The molecule has 0 aromatic rings. The Morgan fingerprint density at radius 1 is 1.42 bits per heavy atom. The number of carbonyl (C=O) groups is 1. The summed E-state index contributed by atoms with van der Waals surface area (Å²) < 4.78 is 14.8. The third kappa shape index (κ3) is 0.881. The normalized spacial score (nSPS) is 27.1. The molecular weight excluding hydrogens is 160 g/mol. The zero-order valence-corrected chi connectivity index (χ0v) is 7.04. The van der Waals surface area contributed by atoms with Gasteiger partial charge in [-0.05, 0) is 0 Å². The van der Waals surface area contributed by atoms with Gasteiger partial charge >= 0.3 is 5.97 Å². The summed E-state index contributed by atoms with van der Waals surface area (Å²) in [5.74, 6) is 0.153. The first-order valence-corrected chi connectivity index (χ1v) is 4.03. The quantitative estimate of drug-likeness (QED) is 0.542. The minimum atomic E-state index is -0.382. The Labute approximate surface area is 70.8 Å². The van der Waals surface area contributed by atoms with Crippen molar-refractivity contribution in [2.75, 3.05) is 33.5 Å². The van der Waals surface area contributed by atoms with E-state index < -0.39 is 0 Å². The number of carbonyl (C=O) groups excluding carboxylic acids is 1. The molecule has 2 aliphatic heterocycles. The van der Waals surface area contributed by atoms with Crippen LogP contribution in [-0.4, -0.2) is 39.5 Å². The van der Waals surface area contributed by atoms with E-state index in [4.69, 9.17) is 14.2 Å². The minimum absolute atomic E-state index is 0.151. The molecule has 0 atom stereocenters. The fraction of sp³-hybridized carbons (Fsp3) is 0.875. The molecule has 0 unspecified atom stereocenters. The van der Waals surface area contributed by atoms with Crippen molar-refractivity contribution in [3.63, 3.8) is 0 Å². The molecule has 0 spiro atoms. The molecule has 68 valence electrons. The van der Waals surface area contributed by atoms with Crippen LogP contribution in [0.2, 0.25) is 0 Å². The van der Waals surface area contributed by atoms with Crippen molar-refractivity contribution in [2.24, 2.45) is 11.3 Å². The van der Waals surface area contributed by atoms with Gasteiger partial charge in [-0.25, -0.2) is 0 Å². The Morgan fingerprint density at radius 2 is 2.08 bits per heavy atom. The first-order chi connectivity index (χ1) is 5.79. The molecule has 2 aliphatic rings. The average Bonchev–Trinajstić information content (AvgIpc) is 1.91. The molecule has 0 bridgehead atoms. The summed E-state index contributed by atoms with van der Waals surface area (Å²) >= 11 is 0. The summed E-state index contributed by atoms with van der Waals surface area (Å²) in [4.78, 5) is 11.4. The lowest BCUT2D eigenvalue weighted by Gasteiger charge is -2.47. The van der Waals surface area contributed by atoms with Gasteiger partial charge in [0, 0.05) is 5.92 Å². The lowest BCUT2D eigenvalue weighted by Crippen LogP contribution is -2.60. The van der Waals surface area contributed by atoms with Crippen molar-refractivity contribution in [1.82, 2.24) is 0 Å². The fourth-order valence-corrected chi connectivity index (χ4v) is 1.60. The molecular formula is C8H12O4. The first kappa shape index (κ1) is 8.01. The molecule has 4 heteroatoms. The monoisotopic (exact) mass is 172 g/mol. The fourth-order valence-electron chi connectivity index (χ4n) is 1.60. The van der Waals surface area contributed by atoms with E-state index in [1.165, 1.54) is 7.11 Å². The Hall–Kier alpha value is -0.610. The van der Waals surface area contributed by atoms with Gasteiger partial charge in [-0.1, -0.05) is 0 Å². The molecule has 0 radical (unpaired) electrons. The zero-order chi connectivity index (χ0) is 8.60. The van der Waals surface area contributed by atoms with Gasteiger partial charge in [-0.2, -0.15) is 0 Å². The highest BCUT2D eigenvalue weighted by molar-refractivity contribution is 5.78. The number of esters is 1. The highest BCUT2D eigenvalue weighted by atomic mass is 16.6. The van der Waals surface area contributed by atoms with Crippen molar-refractivity contribution in [2.45, 2.75) is 0 Å². The van der Waals surface area contributed by atoms with Crippen molar-refractivity contribution in [1.29, 1.82) is 0 Å². The molecule has 2 fully saturated rings.